The van der Waals surface area contributed by atoms with Crippen LogP contribution in [0.5, 0.6) is 0 Å². The normalized spacial score (nSPS) is 11.3. The molecule has 2 aromatic rings. The minimum absolute atomic E-state index is 0.0882. The van der Waals surface area contributed by atoms with Crippen molar-refractivity contribution < 1.29 is 23.5 Å². The number of anilines is 2. The van der Waals surface area contributed by atoms with E-state index in [1.165, 1.54) is 18.2 Å². The number of benzene rings is 2. The Labute approximate surface area is 163 Å². The molecule has 0 saturated heterocycles. The molecular formula is C18H19F2IN2O3. The molecule has 3 N–H and O–H groups in total. The van der Waals surface area contributed by atoms with Crippen molar-refractivity contribution in [2.75, 3.05) is 18.5 Å². The van der Waals surface area contributed by atoms with E-state index >= 15 is 0 Å². The molecule has 8 heteroatoms. The number of rotatable bonds is 7. The first-order valence-corrected chi connectivity index (χ1v) is 8.84. The SMILES string of the molecule is CC(C)(CO)CONC(=O)c1ccc(F)cc1Nc1ccc(I)cc1F. The first kappa shape index (κ1) is 20.5. The van der Waals surface area contributed by atoms with Crippen LogP contribution in [0.4, 0.5) is 20.2 Å². The molecule has 0 spiro atoms. The number of nitrogens with one attached hydrogen (secondary N) is 2. The number of aliphatic hydroxyl groups excluding tert-OH is 1. The molecule has 0 atom stereocenters. The van der Waals surface area contributed by atoms with Crippen LogP contribution < -0.4 is 10.8 Å². The highest BCUT2D eigenvalue weighted by Gasteiger charge is 2.19. The van der Waals surface area contributed by atoms with Crippen LogP contribution in [-0.2, 0) is 4.84 Å². The monoisotopic (exact) mass is 476 g/mol. The van der Waals surface area contributed by atoms with E-state index in [1.54, 1.807) is 19.9 Å². The molecule has 5 nitrogen and oxygen atoms in total. The van der Waals surface area contributed by atoms with Crippen molar-refractivity contribution in [1.29, 1.82) is 0 Å². The van der Waals surface area contributed by atoms with Crippen LogP contribution in [0.3, 0.4) is 0 Å². The number of hydrogen-bond donors (Lipinski definition) is 3. The summed E-state index contributed by atoms with van der Waals surface area (Å²) in [6.07, 6.45) is 0. The lowest BCUT2D eigenvalue weighted by Crippen LogP contribution is -2.32. The van der Waals surface area contributed by atoms with Gasteiger partial charge in [0.15, 0.2) is 0 Å². The van der Waals surface area contributed by atoms with Crippen LogP contribution in [0.2, 0.25) is 0 Å². The van der Waals surface area contributed by atoms with Crippen molar-refractivity contribution in [3.05, 3.63) is 57.2 Å². The fourth-order valence-electron chi connectivity index (χ4n) is 1.95. The van der Waals surface area contributed by atoms with Gasteiger partial charge in [0.2, 0.25) is 0 Å². The predicted octanol–water partition coefficient (Wildman–Crippen LogP) is 3.99. The maximum Gasteiger partial charge on any atom is 0.276 e. The Bertz CT molecular complexity index is 800. The van der Waals surface area contributed by atoms with Gasteiger partial charge in [-0.25, -0.2) is 14.3 Å². The third kappa shape index (κ3) is 5.61. The summed E-state index contributed by atoms with van der Waals surface area (Å²) in [5, 5.41) is 11.9. The number of aliphatic hydroxyl groups is 1. The van der Waals surface area contributed by atoms with Crippen molar-refractivity contribution in [3.63, 3.8) is 0 Å². The minimum Gasteiger partial charge on any atom is -0.396 e. The Morgan fingerprint density at radius 1 is 1.19 bits per heavy atom. The van der Waals surface area contributed by atoms with Crippen LogP contribution in [-0.4, -0.2) is 24.2 Å². The number of hydroxylamine groups is 1. The van der Waals surface area contributed by atoms with E-state index < -0.39 is 23.0 Å². The molecule has 0 unspecified atom stereocenters. The summed E-state index contributed by atoms with van der Waals surface area (Å²) in [6, 6.07) is 8.02. The Kier molecular flexibility index (Phi) is 6.90. The smallest absolute Gasteiger partial charge is 0.276 e. The molecule has 0 aromatic heterocycles. The highest BCUT2D eigenvalue weighted by atomic mass is 127. The number of carbonyl (C=O) groups is 1. The van der Waals surface area contributed by atoms with E-state index in [0.29, 0.717) is 3.57 Å². The average molecular weight is 476 g/mol. The van der Waals surface area contributed by atoms with Crippen molar-refractivity contribution in [2.45, 2.75) is 13.8 Å². The maximum atomic E-state index is 14.0. The van der Waals surface area contributed by atoms with Gasteiger partial charge < -0.3 is 10.4 Å². The number of carbonyl (C=O) groups excluding carboxylic acids is 1. The summed E-state index contributed by atoms with van der Waals surface area (Å²) in [7, 11) is 0. The van der Waals surface area contributed by atoms with Crippen molar-refractivity contribution in [1.82, 2.24) is 5.48 Å². The van der Waals surface area contributed by atoms with Crippen LogP contribution in [0.15, 0.2) is 36.4 Å². The van der Waals surface area contributed by atoms with E-state index in [2.05, 4.69) is 10.8 Å². The fraction of sp³-hybridized carbons (Fsp3) is 0.278. The molecule has 0 aliphatic carbocycles. The molecule has 0 fully saturated rings. The van der Waals surface area contributed by atoms with Gasteiger partial charge in [-0.05, 0) is 59.0 Å². The van der Waals surface area contributed by atoms with Gasteiger partial charge in [0, 0.05) is 8.99 Å². The van der Waals surface area contributed by atoms with Gasteiger partial charge in [-0.1, -0.05) is 13.8 Å². The van der Waals surface area contributed by atoms with E-state index in [1.807, 2.05) is 22.6 Å². The first-order chi connectivity index (χ1) is 12.2. The van der Waals surface area contributed by atoms with Crippen LogP contribution in [0.25, 0.3) is 0 Å². The standard InChI is InChI=1S/C18H19F2IN2O3/c1-18(2,9-24)10-26-23-17(25)13-5-3-11(19)7-16(13)22-15-6-4-12(21)8-14(15)20/h3-8,22,24H,9-10H2,1-2H3,(H,23,25). The Morgan fingerprint density at radius 2 is 1.92 bits per heavy atom. The Hall–Kier alpha value is -1.78. The summed E-state index contributed by atoms with van der Waals surface area (Å²) in [6.45, 7) is 3.51. The molecule has 26 heavy (non-hydrogen) atoms. The highest BCUT2D eigenvalue weighted by Crippen LogP contribution is 2.25. The molecule has 0 saturated carbocycles. The highest BCUT2D eigenvalue weighted by molar-refractivity contribution is 14.1. The molecule has 0 aliphatic rings. The minimum atomic E-state index is -0.618. The third-order valence-corrected chi connectivity index (χ3v) is 4.15. The van der Waals surface area contributed by atoms with Gasteiger partial charge >= 0.3 is 0 Å². The third-order valence-electron chi connectivity index (χ3n) is 3.48. The summed E-state index contributed by atoms with van der Waals surface area (Å²) in [5.74, 6) is -1.71. The Morgan fingerprint density at radius 3 is 2.58 bits per heavy atom. The lowest BCUT2D eigenvalue weighted by molar-refractivity contribution is -0.0197. The lowest BCUT2D eigenvalue weighted by Gasteiger charge is -2.21. The summed E-state index contributed by atoms with van der Waals surface area (Å²) >= 11 is 1.97. The predicted molar refractivity (Wildman–Crippen MR) is 103 cm³/mol. The number of hydrogen-bond acceptors (Lipinski definition) is 4. The lowest BCUT2D eigenvalue weighted by atomic mass is 9.97. The zero-order valence-corrected chi connectivity index (χ0v) is 16.4. The number of halogens is 3. The number of amides is 1. The van der Waals surface area contributed by atoms with E-state index in [9.17, 15) is 18.7 Å². The topological polar surface area (TPSA) is 70.6 Å². The molecule has 2 aromatic carbocycles. The van der Waals surface area contributed by atoms with Gasteiger partial charge in [-0.3, -0.25) is 9.63 Å². The summed E-state index contributed by atoms with van der Waals surface area (Å²) in [5.41, 5.74) is 2.04. The summed E-state index contributed by atoms with van der Waals surface area (Å²) < 4.78 is 28.3. The van der Waals surface area contributed by atoms with Crippen LogP contribution in [0.1, 0.15) is 24.2 Å². The average Bonchev–Trinajstić information content (AvgIpc) is 2.57. The molecular weight excluding hydrogens is 457 g/mol. The van der Waals surface area contributed by atoms with Gasteiger partial charge in [-0.15, -0.1) is 0 Å². The zero-order chi connectivity index (χ0) is 19.3. The quantitative estimate of drug-likeness (QED) is 0.418. The molecule has 140 valence electrons. The largest absolute Gasteiger partial charge is 0.396 e. The molecule has 0 aliphatic heterocycles. The molecule has 2 rings (SSSR count). The van der Waals surface area contributed by atoms with E-state index in [4.69, 9.17) is 4.84 Å². The van der Waals surface area contributed by atoms with Crippen LogP contribution in [0, 0.1) is 20.6 Å². The van der Waals surface area contributed by atoms with Crippen molar-refractivity contribution in [3.8, 4) is 0 Å². The van der Waals surface area contributed by atoms with Crippen molar-refractivity contribution in [2.24, 2.45) is 5.41 Å². The van der Waals surface area contributed by atoms with Gasteiger partial charge in [-0.2, -0.15) is 0 Å². The van der Waals surface area contributed by atoms with Crippen molar-refractivity contribution >= 4 is 39.9 Å². The molecule has 1 amide bonds. The fourth-order valence-corrected chi connectivity index (χ4v) is 2.40. The molecule has 0 bridgehead atoms. The molecule has 0 heterocycles. The summed E-state index contributed by atoms with van der Waals surface area (Å²) in [4.78, 5) is 17.4. The van der Waals surface area contributed by atoms with Gasteiger partial charge in [0.05, 0.1) is 30.2 Å². The van der Waals surface area contributed by atoms with E-state index in [0.717, 1.165) is 12.1 Å². The first-order valence-electron chi connectivity index (χ1n) is 7.76. The second kappa shape index (κ2) is 8.74. The maximum absolute atomic E-state index is 14.0. The van der Waals surface area contributed by atoms with Crippen LogP contribution >= 0.6 is 22.6 Å². The second-order valence-corrected chi connectivity index (χ2v) is 7.73. The molecule has 0 radical (unpaired) electrons. The van der Waals surface area contributed by atoms with Gasteiger partial charge in [0.1, 0.15) is 11.6 Å². The second-order valence-electron chi connectivity index (χ2n) is 6.48. The van der Waals surface area contributed by atoms with E-state index in [-0.39, 0.29) is 30.2 Å². The van der Waals surface area contributed by atoms with Gasteiger partial charge in [0.25, 0.3) is 5.91 Å². The Balaban J connectivity index is 2.17. The zero-order valence-electron chi connectivity index (χ0n) is 14.3.